The van der Waals surface area contributed by atoms with E-state index >= 15 is 0 Å². The minimum Gasteiger partial charge on any atom is -0.365 e. The summed E-state index contributed by atoms with van der Waals surface area (Å²) in [6.45, 7) is 7.14. The van der Waals surface area contributed by atoms with Crippen LogP contribution in [-0.2, 0) is 22.3 Å². The van der Waals surface area contributed by atoms with Gasteiger partial charge in [0.1, 0.15) is 11.4 Å². The van der Waals surface area contributed by atoms with Gasteiger partial charge in [0.2, 0.25) is 0 Å². The first-order chi connectivity index (χ1) is 18.1. The molecule has 2 unspecified atom stereocenters. The highest BCUT2D eigenvalue weighted by atomic mass is 19.4. The number of ether oxygens (including phenoxy) is 1. The third-order valence-corrected chi connectivity index (χ3v) is 7.58. The van der Waals surface area contributed by atoms with E-state index < -0.39 is 17.3 Å². The predicted molar refractivity (Wildman–Crippen MR) is 142 cm³/mol. The SMILES string of the molecule is CC1CCC(C(=O)NCc2cccc(C(F)(F)F)c2)(C2CC2)OC1.CCCC(CCC)c1ccc(F)cc1. The molecule has 0 bridgehead atoms. The maximum atomic E-state index is 12.8. The van der Waals surface area contributed by atoms with Gasteiger partial charge in [0.15, 0.2) is 0 Å². The zero-order chi connectivity index (χ0) is 27.8. The van der Waals surface area contributed by atoms with Gasteiger partial charge >= 0.3 is 6.18 Å². The molecular weight excluding hydrogens is 494 g/mol. The summed E-state index contributed by atoms with van der Waals surface area (Å²) in [5, 5.41) is 2.79. The summed E-state index contributed by atoms with van der Waals surface area (Å²) in [6, 6.07) is 12.0. The monoisotopic (exact) mass is 535 g/mol. The van der Waals surface area contributed by atoms with Crippen molar-refractivity contribution in [1.29, 1.82) is 0 Å². The van der Waals surface area contributed by atoms with Gasteiger partial charge in [-0.25, -0.2) is 4.39 Å². The third kappa shape index (κ3) is 8.29. The number of carbonyl (C=O) groups excluding carboxylic acids is 1. The zero-order valence-electron chi connectivity index (χ0n) is 22.8. The van der Waals surface area contributed by atoms with Gasteiger partial charge in [-0.3, -0.25) is 4.79 Å². The van der Waals surface area contributed by atoms with Crippen LogP contribution in [0.1, 0.15) is 94.7 Å². The summed E-state index contributed by atoms with van der Waals surface area (Å²) in [4.78, 5) is 12.7. The van der Waals surface area contributed by atoms with Gasteiger partial charge in [0.25, 0.3) is 5.91 Å². The van der Waals surface area contributed by atoms with Crippen molar-refractivity contribution < 1.29 is 27.1 Å². The molecule has 3 nitrogen and oxygen atoms in total. The van der Waals surface area contributed by atoms with Crippen molar-refractivity contribution in [1.82, 2.24) is 5.32 Å². The Morgan fingerprint density at radius 2 is 1.71 bits per heavy atom. The fourth-order valence-corrected chi connectivity index (χ4v) is 5.24. The lowest BCUT2D eigenvalue weighted by molar-refractivity contribution is -0.162. The van der Waals surface area contributed by atoms with Crippen molar-refractivity contribution in [2.45, 2.75) is 96.4 Å². The second kappa shape index (κ2) is 13.6. The van der Waals surface area contributed by atoms with Gasteiger partial charge < -0.3 is 10.1 Å². The molecule has 1 saturated heterocycles. The highest BCUT2D eigenvalue weighted by Crippen LogP contribution is 2.47. The molecular formula is C31H41F4NO2. The normalized spacial score (nSPS) is 21.5. The number of hydrogen-bond acceptors (Lipinski definition) is 2. The summed E-state index contributed by atoms with van der Waals surface area (Å²) in [5.41, 5.74) is 0.242. The molecule has 1 saturated carbocycles. The number of nitrogens with one attached hydrogen (secondary N) is 1. The Kier molecular flexibility index (Phi) is 10.8. The Morgan fingerprint density at radius 1 is 1.05 bits per heavy atom. The smallest absolute Gasteiger partial charge is 0.365 e. The lowest BCUT2D eigenvalue weighted by Crippen LogP contribution is -2.53. The molecule has 2 aromatic rings. The first kappa shape index (κ1) is 30.1. The molecule has 38 heavy (non-hydrogen) atoms. The summed E-state index contributed by atoms with van der Waals surface area (Å²) in [6.07, 6.45) is 4.01. The van der Waals surface area contributed by atoms with Crippen LogP contribution in [0.25, 0.3) is 0 Å². The molecule has 1 amide bonds. The van der Waals surface area contributed by atoms with E-state index in [2.05, 4.69) is 26.1 Å². The Labute approximate surface area is 224 Å². The van der Waals surface area contributed by atoms with Crippen molar-refractivity contribution in [2.75, 3.05) is 6.61 Å². The second-order valence-electron chi connectivity index (χ2n) is 10.8. The van der Waals surface area contributed by atoms with Crippen molar-refractivity contribution in [3.63, 3.8) is 0 Å². The average Bonchev–Trinajstić information content (AvgIpc) is 3.75. The summed E-state index contributed by atoms with van der Waals surface area (Å²) < 4.78 is 56.9. The fourth-order valence-electron chi connectivity index (χ4n) is 5.24. The van der Waals surface area contributed by atoms with E-state index in [9.17, 15) is 22.4 Å². The topological polar surface area (TPSA) is 38.3 Å². The first-order valence-corrected chi connectivity index (χ1v) is 13.9. The van der Waals surface area contributed by atoms with E-state index in [-0.39, 0.29) is 24.2 Å². The maximum absolute atomic E-state index is 12.8. The van der Waals surface area contributed by atoms with E-state index in [1.807, 2.05) is 12.1 Å². The summed E-state index contributed by atoms with van der Waals surface area (Å²) >= 11 is 0. The predicted octanol–water partition coefficient (Wildman–Crippen LogP) is 8.43. The van der Waals surface area contributed by atoms with Crippen LogP contribution in [0.4, 0.5) is 17.6 Å². The van der Waals surface area contributed by atoms with E-state index in [1.165, 1.54) is 37.3 Å². The van der Waals surface area contributed by atoms with Crippen molar-refractivity contribution >= 4 is 5.91 Å². The number of rotatable bonds is 9. The van der Waals surface area contributed by atoms with Crippen LogP contribution in [-0.4, -0.2) is 18.1 Å². The number of hydrogen-bond donors (Lipinski definition) is 1. The van der Waals surface area contributed by atoms with Crippen LogP contribution in [0.5, 0.6) is 0 Å². The molecule has 7 heteroatoms. The van der Waals surface area contributed by atoms with Crippen LogP contribution in [0.3, 0.4) is 0 Å². The van der Waals surface area contributed by atoms with Crippen LogP contribution >= 0.6 is 0 Å². The maximum Gasteiger partial charge on any atom is 0.416 e. The van der Waals surface area contributed by atoms with E-state index in [0.717, 1.165) is 31.4 Å². The molecule has 0 spiro atoms. The van der Waals surface area contributed by atoms with Crippen molar-refractivity contribution in [3.05, 3.63) is 71.0 Å². The van der Waals surface area contributed by atoms with E-state index in [1.54, 1.807) is 18.2 Å². The number of benzene rings is 2. The third-order valence-electron chi connectivity index (χ3n) is 7.58. The van der Waals surface area contributed by atoms with Gasteiger partial charge in [0.05, 0.1) is 12.2 Å². The first-order valence-electron chi connectivity index (χ1n) is 13.9. The molecule has 1 aliphatic heterocycles. The van der Waals surface area contributed by atoms with Gasteiger partial charge in [-0.05, 0) is 91.7 Å². The van der Waals surface area contributed by atoms with Crippen LogP contribution in [0.2, 0.25) is 0 Å². The van der Waals surface area contributed by atoms with Gasteiger partial charge in [-0.1, -0.05) is 57.9 Å². The Balaban J connectivity index is 0.000000244. The van der Waals surface area contributed by atoms with Gasteiger partial charge in [0, 0.05) is 6.54 Å². The van der Waals surface area contributed by atoms with Gasteiger partial charge in [-0.2, -0.15) is 13.2 Å². The number of alkyl halides is 3. The summed E-state index contributed by atoms with van der Waals surface area (Å²) in [7, 11) is 0. The van der Waals surface area contributed by atoms with E-state index in [4.69, 9.17) is 4.74 Å². The number of carbonyl (C=O) groups is 1. The fraction of sp³-hybridized carbons (Fsp3) is 0.581. The van der Waals surface area contributed by atoms with Crippen molar-refractivity contribution in [2.24, 2.45) is 11.8 Å². The Morgan fingerprint density at radius 3 is 2.24 bits per heavy atom. The summed E-state index contributed by atoms with van der Waals surface area (Å²) in [5.74, 6) is 0.972. The number of halogens is 4. The highest BCUT2D eigenvalue weighted by molar-refractivity contribution is 5.86. The standard InChI is InChI=1S/C18H22F3NO2.C13H19F/c1-12-7-8-17(24-11-12,14-5-6-14)16(23)22-10-13-3-2-4-15(9-13)18(19,20)21;1-3-5-11(6-4-2)12-7-9-13(14)10-8-12/h2-4,9,12,14H,5-8,10-11H2,1H3,(H,22,23);7-11H,3-6H2,1-2H3. The van der Waals surface area contributed by atoms with Crippen LogP contribution < -0.4 is 5.32 Å². The molecule has 0 aromatic heterocycles. The minimum absolute atomic E-state index is 0.0795. The second-order valence-corrected chi connectivity index (χ2v) is 10.8. The zero-order valence-corrected chi connectivity index (χ0v) is 22.8. The molecule has 1 aliphatic carbocycles. The number of amides is 1. The van der Waals surface area contributed by atoms with Crippen molar-refractivity contribution in [3.8, 4) is 0 Å². The molecule has 1 heterocycles. The molecule has 2 aromatic carbocycles. The minimum atomic E-state index is -4.38. The molecule has 210 valence electrons. The molecule has 1 N–H and O–H groups in total. The van der Waals surface area contributed by atoms with E-state index in [0.29, 0.717) is 30.4 Å². The average molecular weight is 536 g/mol. The largest absolute Gasteiger partial charge is 0.416 e. The Hall–Kier alpha value is -2.41. The van der Waals surface area contributed by atoms with Crippen LogP contribution in [0.15, 0.2) is 48.5 Å². The van der Waals surface area contributed by atoms with Gasteiger partial charge in [-0.15, -0.1) is 0 Å². The molecule has 0 radical (unpaired) electrons. The molecule has 4 rings (SSSR count). The lowest BCUT2D eigenvalue weighted by atomic mass is 9.84. The molecule has 2 aliphatic rings. The molecule has 2 atom stereocenters. The Bertz CT molecular complexity index is 1000. The lowest BCUT2D eigenvalue weighted by Gasteiger charge is -2.38. The highest BCUT2D eigenvalue weighted by Gasteiger charge is 2.53. The molecule has 2 fully saturated rings. The quantitative estimate of drug-likeness (QED) is 0.327. The van der Waals surface area contributed by atoms with Crippen LogP contribution in [0, 0.1) is 17.7 Å².